The van der Waals surface area contributed by atoms with Crippen molar-refractivity contribution in [3.8, 4) is 0 Å². The molecule has 1 N–H and O–H groups in total. The summed E-state index contributed by atoms with van der Waals surface area (Å²) in [5.41, 5.74) is 3.64. The Bertz CT molecular complexity index is 699. The molecule has 0 saturated carbocycles. The smallest absolute Gasteiger partial charge is 0.220 e. The van der Waals surface area contributed by atoms with Gasteiger partial charge in [0.25, 0.3) is 0 Å². The first kappa shape index (κ1) is 16.5. The Morgan fingerprint density at radius 3 is 2.08 bits per heavy atom. The lowest BCUT2D eigenvalue weighted by atomic mass is 9.88. The Kier molecular flexibility index (Phi) is 5.80. The molecule has 0 unspecified atom stereocenters. The summed E-state index contributed by atoms with van der Waals surface area (Å²) >= 11 is 1.69. The molecule has 3 heteroatoms. The first-order chi connectivity index (χ1) is 11.8. The molecular formula is C21H21NOS. The topological polar surface area (TPSA) is 29.1 Å². The van der Waals surface area contributed by atoms with E-state index < -0.39 is 0 Å². The summed E-state index contributed by atoms with van der Waals surface area (Å²) < 4.78 is 0. The van der Waals surface area contributed by atoms with Crippen molar-refractivity contribution in [1.82, 2.24) is 5.32 Å². The third kappa shape index (κ3) is 4.56. The summed E-state index contributed by atoms with van der Waals surface area (Å²) in [6.45, 7) is 0.686. The highest BCUT2D eigenvalue weighted by Crippen LogP contribution is 2.27. The van der Waals surface area contributed by atoms with Gasteiger partial charge in [-0.25, -0.2) is 0 Å². The summed E-state index contributed by atoms with van der Waals surface area (Å²) in [5.74, 6) is 0.191. The SMILES string of the molecule is O=C(CC(c1ccccc1)c1ccccc1)NCCc1ccsc1. The van der Waals surface area contributed by atoms with Gasteiger partial charge in [-0.15, -0.1) is 0 Å². The summed E-state index contributed by atoms with van der Waals surface area (Å²) in [6, 6.07) is 22.6. The van der Waals surface area contributed by atoms with Crippen LogP contribution in [0, 0.1) is 0 Å². The highest BCUT2D eigenvalue weighted by molar-refractivity contribution is 7.07. The molecule has 3 rings (SSSR count). The van der Waals surface area contributed by atoms with Gasteiger partial charge in [0.15, 0.2) is 0 Å². The van der Waals surface area contributed by atoms with Gasteiger partial charge in [0.1, 0.15) is 0 Å². The zero-order valence-corrected chi connectivity index (χ0v) is 14.3. The van der Waals surface area contributed by atoms with Crippen molar-refractivity contribution >= 4 is 17.2 Å². The van der Waals surface area contributed by atoms with Crippen LogP contribution in [0.25, 0.3) is 0 Å². The zero-order valence-electron chi connectivity index (χ0n) is 13.5. The number of carbonyl (C=O) groups is 1. The van der Waals surface area contributed by atoms with Crippen molar-refractivity contribution < 1.29 is 4.79 Å². The molecule has 0 fully saturated rings. The van der Waals surface area contributed by atoms with Gasteiger partial charge in [-0.2, -0.15) is 11.3 Å². The Labute approximate surface area is 147 Å². The van der Waals surface area contributed by atoms with Crippen molar-refractivity contribution in [2.75, 3.05) is 6.54 Å². The Morgan fingerprint density at radius 2 is 1.54 bits per heavy atom. The molecule has 122 valence electrons. The summed E-state index contributed by atoms with van der Waals surface area (Å²) in [5, 5.41) is 7.25. The van der Waals surface area contributed by atoms with Gasteiger partial charge in [0.2, 0.25) is 5.91 Å². The average Bonchev–Trinajstić information content (AvgIpc) is 3.15. The van der Waals surface area contributed by atoms with E-state index in [-0.39, 0.29) is 11.8 Å². The number of nitrogens with one attached hydrogen (secondary N) is 1. The second kappa shape index (κ2) is 8.46. The van der Waals surface area contributed by atoms with Crippen molar-refractivity contribution in [2.45, 2.75) is 18.8 Å². The molecule has 0 bridgehead atoms. The fraction of sp³-hybridized carbons (Fsp3) is 0.190. The number of thiophene rings is 1. The number of hydrogen-bond donors (Lipinski definition) is 1. The van der Waals surface area contributed by atoms with E-state index >= 15 is 0 Å². The first-order valence-electron chi connectivity index (χ1n) is 8.20. The van der Waals surface area contributed by atoms with E-state index in [0.717, 1.165) is 6.42 Å². The van der Waals surface area contributed by atoms with Crippen LogP contribution < -0.4 is 5.32 Å². The molecule has 0 aliphatic rings. The molecule has 0 radical (unpaired) electrons. The Balaban J connectivity index is 1.64. The summed E-state index contributed by atoms with van der Waals surface area (Å²) in [7, 11) is 0. The summed E-state index contributed by atoms with van der Waals surface area (Å²) in [6.07, 6.45) is 1.36. The molecule has 0 spiro atoms. The molecule has 24 heavy (non-hydrogen) atoms. The molecule has 0 aliphatic heterocycles. The predicted molar refractivity (Wildman–Crippen MR) is 100 cm³/mol. The third-order valence-corrected chi connectivity index (χ3v) is 4.84. The largest absolute Gasteiger partial charge is 0.356 e. The Hall–Kier alpha value is -2.39. The lowest BCUT2D eigenvalue weighted by Crippen LogP contribution is -2.27. The van der Waals surface area contributed by atoms with Gasteiger partial charge in [-0.05, 0) is 39.9 Å². The predicted octanol–water partition coefficient (Wildman–Crippen LogP) is 4.63. The maximum Gasteiger partial charge on any atom is 0.220 e. The van der Waals surface area contributed by atoms with E-state index in [9.17, 15) is 4.79 Å². The van der Waals surface area contributed by atoms with E-state index in [2.05, 4.69) is 46.4 Å². The average molecular weight is 335 g/mol. The van der Waals surface area contributed by atoms with Crippen LogP contribution in [0.3, 0.4) is 0 Å². The maximum atomic E-state index is 12.4. The van der Waals surface area contributed by atoms with Crippen LogP contribution >= 0.6 is 11.3 Å². The summed E-state index contributed by atoms with van der Waals surface area (Å²) in [4.78, 5) is 12.4. The molecule has 1 amide bonds. The molecule has 2 aromatic carbocycles. The second-order valence-electron chi connectivity index (χ2n) is 5.81. The van der Waals surface area contributed by atoms with Gasteiger partial charge in [-0.1, -0.05) is 60.7 Å². The van der Waals surface area contributed by atoms with E-state index in [4.69, 9.17) is 0 Å². The molecule has 0 saturated heterocycles. The molecular weight excluding hydrogens is 314 g/mol. The standard InChI is InChI=1S/C21H21NOS/c23-21(22-13-11-17-12-14-24-16-17)15-20(18-7-3-1-4-8-18)19-9-5-2-6-10-19/h1-10,12,14,16,20H,11,13,15H2,(H,22,23). The third-order valence-electron chi connectivity index (χ3n) is 4.11. The maximum absolute atomic E-state index is 12.4. The van der Waals surface area contributed by atoms with Crippen LogP contribution in [-0.4, -0.2) is 12.5 Å². The van der Waals surface area contributed by atoms with Crippen molar-refractivity contribution in [3.05, 3.63) is 94.2 Å². The minimum absolute atomic E-state index is 0.0912. The number of amides is 1. The van der Waals surface area contributed by atoms with Crippen LogP contribution in [0.5, 0.6) is 0 Å². The van der Waals surface area contributed by atoms with Gasteiger partial charge < -0.3 is 5.32 Å². The van der Waals surface area contributed by atoms with Gasteiger partial charge in [-0.3, -0.25) is 4.79 Å². The lowest BCUT2D eigenvalue weighted by molar-refractivity contribution is -0.121. The van der Waals surface area contributed by atoms with E-state index in [1.165, 1.54) is 16.7 Å². The van der Waals surface area contributed by atoms with E-state index in [0.29, 0.717) is 13.0 Å². The van der Waals surface area contributed by atoms with Gasteiger partial charge in [0.05, 0.1) is 0 Å². The Morgan fingerprint density at radius 1 is 0.917 bits per heavy atom. The van der Waals surface area contributed by atoms with Crippen molar-refractivity contribution in [2.24, 2.45) is 0 Å². The van der Waals surface area contributed by atoms with Crippen molar-refractivity contribution in [3.63, 3.8) is 0 Å². The van der Waals surface area contributed by atoms with Crippen LogP contribution in [0.4, 0.5) is 0 Å². The highest BCUT2D eigenvalue weighted by atomic mass is 32.1. The quantitative estimate of drug-likeness (QED) is 0.670. The zero-order chi connectivity index (χ0) is 16.6. The lowest BCUT2D eigenvalue weighted by Gasteiger charge is -2.18. The van der Waals surface area contributed by atoms with Crippen LogP contribution in [-0.2, 0) is 11.2 Å². The monoisotopic (exact) mass is 335 g/mol. The van der Waals surface area contributed by atoms with Crippen LogP contribution in [0.2, 0.25) is 0 Å². The minimum atomic E-state index is 0.0912. The molecule has 1 heterocycles. The number of benzene rings is 2. The minimum Gasteiger partial charge on any atom is -0.356 e. The highest BCUT2D eigenvalue weighted by Gasteiger charge is 2.17. The van der Waals surface area contributed by atoms with Gasteiger partial charge in [0, 0.05) is 18.9 Å². The molecule has 0 atom stereocenters. The van der Waals surface area contributed by atoms with E-state index in [1.54, 1.807) is 11.3 Å². The molecule has 0 aliphatic carbocycles. The fourth-order valence-electron chi connectivity index (χ4n) is 2.84. The number of carbonyl (C=O) groups excluding carboxylic acids is 1. The van der Waals surface area contributed by atoms with E-state index in [1.807, 2.05) is 36.4 Å². The second-order valence-corrected chi connectivity index (χ2v) is 6.59. The fourth-order valence-corrected chi connectivity index (χ4v) is 3.54. The molecule has 2 nitrogen and oxygen atoms in total. The number of rotatable bonds is 7. The van der Waals surface area contributed by atoms with Crippen LogP contribution in [0.15, 0.2) is 77.5 Å². The van der Waals surface area contributed by atoms with Gasteiger partial charge >= 0.3 is 0 Å². The van der Waals surface area contributed by atoms with Crippen LogP contribution in [0.1, 0.15) is 29.0 Å². The molecule has 1 aromatic heterocycles. The first-order valence-corrected chi connectivity index (χ1v) is 9.15. The number of hydrogen-bond acceptors (Lipinski definition) is 2. The normalized spacial score (nSPS) is 10.7. The van der Waals surface area contributed by atoms with Crippen molar-refractivity contribution in [1.29, 1.82) is 0 Å². The molecule has 3 aromatic rings.